The minimum atomic E-state index is -0.197. The fraction of sp³-hybridized carbons (Fsp3) is 0.643. The van der Waals surface area contributed by atoms with Crippen LogP contribution in [0.4, 0.5) is 0 Å². The molecule has 0 bridgehead atoms. The summed E-state index contributed by atoms with van der Waals surface area (Å²) in [5.74, 6) is 4.76. The highest BCUT2D eigenvalue weighted by Crippen LogP contribution is 1.95. The molecule has 0 aromatic carbocycles. The van der Waals surface area contributed by atoms with Crippen LogP contribution in [-0.2, 0) is 20.8 Å². The molecule has 0 aliphatic heterocycles. The number of Topliss-reactive ketones (excluding diaryl/α,β-unsaturated/α-hetero) is 1. The molecule has 116 valence electrons. The Kier molecular flexibility index (Phi) is 9.04. The van der Waals surface area contributed by atoms with Crippen LogP contribution in [0.15, 0.2) is 12.4 Å². The largest absolute Gasteiger partial charge is 0.381 e. The number of rotatable bonds is 11. The number of aromatic nitrogens is 3. The predicted octanol–water partition coefficient (Wildman–Crippen LogP) is 0.0112. The summed E-state index contributed by atoms with van der Waals surface area (Å²) in [6.45, 7) is 3.97. The Labute approximate surface area is 124 Å². The van der Waals surface area contributed by atoms with Gasteiger partial charge in [-0.2, -0.15) is 0 Å². The lowest BCUT2D eigenvalue weighted by Gasteiger charge is -2.11. The molecule has 0 fully saturated rings. The molecule has 0 saturated carbocycles. The van der Waals surface area contributed by atoms with Crippen LogP contribution >= 0.6 is 0 Å². The highest BCUT2D eigenvalue weighted by Gasteiger charge is 2.04. The number of ketones is 1. The molecule has 7 nitrogen and oxygen atoms in total. The molecular weight excluding hydrogens is 272 g/mol. The van der Waals surface area contributed by atoms with E-state index in [0.29, 0.717) is 26.4 Å². The third-order valence-corrected chi connectivity index (χ3v) is 2.60. The van der Waals surface area contributed by atoms with Crippen LogP contribution in [0, 0.1) is 11.8 Å². The standard InChI is InChI=1S/C14H22N4O3/c1-2-4-14(19)12-21-9-3-8-20-10-5-13(15)11-18-7-6-16-17-18/h6-7,13H,3,5,8-12,15H2,1H3. The molecule has 1 atom stereocenters. The fourth-order valence-corrected chi connectivity index (χ4v) is 1.60. The van der Waals surface area contributed by atoms with Crippen LogP contribution < -0.4 is 5.73 Å². The van der Waals surface area contributed by atoms with Gasteiger partial charge in [0.1, 0.15) is 6.61 Å². The molecule has 2 N–H and O–H groups in total. The maximum atomic E-state index is 11.0. The van der Waals surface area contributed by atoms with Gasteiger partial charge in [-0.15, -0.1) is 5.10 Å². The van der Waals surface area contributed by atoms with Crippen molar-refractivity contribution in [3.8, 4) is 11.8 Å². The molecule has 0 spiro atoms. The van der Waals surface area contributed by atoms with E-state index in [9.17, 15) is 4.79 Å². The first kappa shape index (κ1) is 17.3. The molecule has 1 rings (SSSR count). The Morgan fingerprint density at radius 1 is 1.38 bits per heavy atom. The smallest absolute Gasteiger partial charge is 0.231 e. The van der Waals surface area contributed by atoms with Crippen molar-refractivity contribution in [3.05, 3.63) is 12.4 Å². The van der Waals surface area contributed by atoms with E-state index >= 15 is 0 Å². The van der Waals surface area contributed by atoms with Gasteiger partial charge < -0.3 is 15.2 Å². The van der Waals surface area contributed by atoms with Gasteiger partial charge in [0.15, 0.2) is 0 Å². The molecule has 0 saturated heterocycles. The lowest BCUT2D eigenvalue weighted by Crippen LogP contribution is -2.28. The van der Waals surface area contributed by atoms with Gasteiger partial charge in [0, 0.05) is 32.1 Å². The highest BCUT2D eigenvalue weighted by atomic mass is 16.5. The van der Waals surface area contributed by atoms with Crippen molar-refractivity contribution in [1.82, 2.24) is 15.0 Å². The minimum absolute atomic E-state index is 0.00631. The number of nitrogens with two attached hydrogens (primary N) is 1. The van der Waals surface area contributed by atoms with E-state index < -0.39 is 0 Å². The van der Waals surface area contributed by atoms with Crippen LogP contribution in [0.25, 0.3) is 0 Å². The van der Waals surface area contributed by atoms with Crippen molar-refractivity contribution in [1.29, 1.82) is 0 Å². The van der Waals surface area contributed by atoms with Gasteiger partial charge in [0.25, 0.3) is 0 Å². The first-order valence-electron chi connectivity index (χ1n) is 6.93. The summed E-state index contributed by atoms with van der Waals surface area (Å²) in [5.41, 5.74) is 5.95. The van der Waals surface area contributed by atoms with E-state index in [0.717, 1.165) is 12.8 Å². The minimum Gasteiger partial charge on any atom is -0.381 e. The van der Waals surface area contributed by atoms with E-state index in [1.807, 2.05) is 0 Å². The zero-order valence-corrected chi connectivity index (χ0v) is 12.3. The third-order valence-electron chi connectivity index (χ3n) is 2.60. The lowest BCUT2D eigenvalue weighted by atomic mass is 10.2. The van der Waals surface area contributed by atoms with E-state index in [2.05, 4.69) is 22.2 Å². The number of ether oxygens (including phenoxy) is 2. The van der Waals surface area contributed by atoms with Crippen LogP contribution in [0.3, 0.4) is 0 Å². The van der Waals surface area contributed by atoms with Crippen molar-refractivity contribution < 1.29 is 14.3 Å². The van der Waals surface area contributed by atoms with Crippen molar-refractivity contribution in [2.45, 2.75) is 32.4 Å². The van der Waals surface area contributed by atoms with Gasteiger partial charge in [-0.25, -0.2) is 0 Å². The first-order valence-corrected chi connectivity index (χ1v) is 6.93. The highest BCUT2D eigenvalue weighted by molar-refractivity contribution is 5.96. The van der Waals surface area contributed by atoms with Crippen LogP contribution in [0.1, 0.15) is 19.8 Å². The Morgan fingerprint density at radius 2 is 2.19 bits per heavy atom. The summed E-state index contributed by atoms with van der Waals surface area (Å²) >= 11 is 0. The molecule has 0 radical (unpaired) electrons. The number of carbonyl (C=O) groups excluding carboxylic acids is 1. The number of hydrogen-bond acceptors (Lipinski definition) is 6. The van der Waals surface area contributed by atoms with Crippen molar-refractivity contribution in [2.24, 2.45) is 5.73 Å². The topological polar surface area (TPSA) is 92.3 Å². The molecule has 0 aliphatic carbocycles. The summed E-state index contributed by atoms with van der Waals surface area (Å²) in [7, 11) is 0. The van der Waals surface area contributed by atoms with Gasteiger partial charge in [-0.1, -0.05) is 11.1 Å². The van der Waals surface area contributed by atoms with Crippen LogP contribution in [0.2, 0.25) is 0 Å². The molecule has 1 heterocycles. The molecule has 7 heteroatoms. The van der Waals surface area contributed by atoms with Crippen LogP contribution in [0.5, 0.6) is 0 Å². The Bertz CT molecular complexity index is 451. The molecule has 21 heavy (non-hydrogen) atoms. The fourth-order valence-electron chi connectivity index (χ4n) is 1.60. The zero-order chi connectivity index (χ0) is 15.3. The Morgan fingerprint density at radius 3 is 2.90 bits per heavy atom. The number of hydrogen-bond donors (Lipinski definition) is 1. The number of carbonyl (C=O) groups is 1. The predicted molar refractivity (Wildman–Crippen MR) is 77.3 cm³/mol. The average Bonchev–Trinajstić information content (AvgIpc) is 2.95. The summed E-state index contributed by atoms with van der Waals surface area (Å²) in [6.07, 6.45) is 4.90. The van der Waals surface area contributed by atoms with E-state index in [-0.39, 0.29) is 18.4 Å². The summed E-state index contributed by atoms with van der Waals surface area (Å²) in [5, 5.41) is 7.57. The van der Waals surface area contributed by atoms with Crippen LogP contribution in [-0.4, -0.2) is 53.2 Å². The van der Waals surface area contributed by atoms with E-state index in [4.69, 9.17) is 15.2 Å². The monoisotopic (exact) mass is 294 g/mol. The van der Waals surface area contributed by atoms with Gasteiger partial charge in [0.2, 0.25) is 5.78 Å². The average molecular weight is 294 g/mol. The lowest BCUT2D eigenvalue weighted by molar-refractivity contribution is -0.118. The zero-order valence-electron chi connectivity index (χ0n) is 12.3. The van der Waals surface area contributed by atoms with E-state index in [1.54, 1.807) is 24.0 Å². The maximum Gasteiger partial charge on any atom is 0.231 e. The molecule has 0 amide bonds. The normalized spacial score (nSPS) is 11.7. The van der Waals surface area contributed by atoms with Crippen molar-refractivity contribution in [3.63, 3.8) is 0 Å². The second-order valence-electron chi connectivity index (χ2n) is 4.49. The van der Waals surface area contributed by atoms with Crippen molar-refractivity contribution in [2.75, 3.05) is 26.4 Å². The Balaban J connectivity index is 1.90. The first-order chi connectivity index (χ1) is 10.2. The second kappa shape index (κ2) is 11.0. The van der Waals surface area contributed by atoms with Gasteiger partial charge in [-0.3, -0.25) is 9.48 Å². The number of nitrogens with zero attached hydrogens (tertiary/aromatic N) is 3. The van der Waals surface area contributed by atoms with E-state index in [1.165, 1.54) is 0 Å². The molecule has 0 aliphatic rings. The Hall–Kier alpha value is -1.75. The van der Waals surface area contributed by atoms with Gasteiger partial charge >= 0.3 is 0 Å². The summed E-state index contributed by atoms with van der Waals surface area (Å²) in [4.78, 5) is 11.0. The van der Waals surface area contributed by atoms with Gasteiger partial charge in [0.05, 0.1) is 12.7 Å². The third kappa shape index (κ3) is 8.92. The molecule has 1 unspecified atom stereocenters. The molecular formula is C14H22N4O3. The quantitative estimate of drug-likeness (QED) is 0.351. The van der Waals surface area contributed by atoms with Gasteiger partial charge in [-0.05, 0) is 25.7 Å². The molecule has 1 aromatic heterocycles. The SMILES string of the molecule is CC#CC(=O)COCCCOCCC(N)Cn1ccnn1. The maximum absolute atomic E-state index is 11.0. The van der Waals surface area contributed by atoms with Crippen molar-refractivity contribution >= 4 is 5.78 Å². The summed E-state index contributed by atoms with van der Waals surface area (Å²) in [6, 6.07) is -0.00631. The summed E-state index contributed by atoms with van der Waals surface area (Å²) < 4.78 is 12.3. The second-order valence-corrected chi connectivity index (χ2v) is 4.49. The molecule has 1 aromatic rings.